The number of carbonyl (C=O) groups is 2. The van der Waals surface area contributed by atoms with Crippen molar-refractivity contribution in [2.24, 2.45) is 11.8 Å². The van der Waals surface area contributed by atoms with Gasteiger partial charge < -0.3 is 46.0 Å². The maximum atomic E-state index is 14.0. The van der Waals surface area contributed by atoms with Crippen molar-refractivity contribution < 1.29 is 49.7 Å². The van der Waals surface area contributed by atoms with Gasteiger partial charge in [0.2, 0.25) is 0 Å². The van der Waals surface area contributed by atoms with Crippen LogP contribution in [0.25, 0.3) is 0 Å². The molecule has 0 aliphatic heterocycles. The van der Waals surface area contributed by atoms with E-state index in [0.29, 0.717) is 25.2 Å². The number of aliphatic hydroxyl groups excluding tert-OH is 5. The number of nitrogens with one attached hydrogen (secondary N) is 1. The van der Waals surface area contributed by atoms with Crippen molar-refractivity contribution >= 4 is 17.6 Å². The summed E-state index contributed by atoms with van der Waals surface area (Å²) >= 11 is 0. The van der Waals surface area contributed by atoms with Crippen LogP contribution in [0.15, 0.2) is 66.7 Å². The van der Waals surface area contributed by atoms with E-state index in [1.807, 2.05) is 41.3 Å². The maximum Gasteiger partial charge on any atom is 0.338 e. The number of aliphatic hydroxyl groups is 5. The molecule has 0 saturated heterocycles. The molecule has 270 valence electrons. The van der Waals surface area contributed by atoms with Crippen LogP contribution in [0.4, 0.5) is 10.1 Å². The fourth-order valence-electron chi connectivity index (χ4n) is 5.26. The first-order chi connectivity index (χ1) is 23.9. The number of nitrogens with zero attached hydrogens (tertiary/aromatic N) is 1. The lowest BCUT2D eigenvalue weighted by Crippen LogP contribution is -2.48. The van der Waals surface area contributed by atoms with Crippen LogP contribution in [0.3, 0.4) is 0 Å². The minimum Gasteiger partial charge on any atom is -0.481 e. The monoisotopic (exact) mass is 694 g/mol. The van der Waals surface area contributed by atoms with Gasteiger partial charge in [-0.2, -0.15) is 0 Å². The molecule has 0 amide bonds. The summed E-state index contributed by atoms with van der Waals surface area (Å²) in [6.07, 6.45) is -1.64. The van der Waals surface area contributed by atoms with Crippen LogP contribution in [-0.2, 0) is 17.8 Å². The van der Waals surface area contributed by atoms with Gasteiger partial charge in [-0.1, -0.05) is 49.5 Å². The fraction of sp³-hybridized carbons (Fsp3) is 0.421. The number of anilines is 1. The third-order valence-electron chi connectivity index (χ3n) is 8.43. The summed E-state index contributed by atoms with van der Waals surface area (Å²) in [7, 11) is 1.57. The standard InChI is InChI=1S/C31H30FNO4.C7H17NO5/c1-2-3-4-21-5-7-22(8-6-21)9-10-23-11-13-24(14-12-23)19-33(20-25-17-27(25)30(34)35)26-15-16-29(32)28(18-26)31(36)37;1-8-2-4(10)6(12)7(13)5(11)3-9/h5-8,11-16,18,25,27H,2-4,17,19-20H2,1H3,(H,34,35)(H,36,37);4-13H,2-3H2,1H3/t;4-,5+,6+,7+/m.0/s1. The van der Waals surface area contributed by atoms with Gasteiger partial charge in [0.1, 0.15) is 24.1 Å². The zero-order chi connectivity index (χ0) is 36.8. The molecule has 50 heavy (non-hydrogen) atoms. The quantitative estimate of drug-likeness (QED) is 0.103. The number of halogens is 1. The van der Waals surface area contributed by atoms with E-state index in [2.05, 4.69) is 36.2 Å². The van der Waals surface area contributed by atoms with Gasteiger partial charge in [-0.3, -0.25) is 4.79 Å². The summed E-state index contributed by atoms with van der Waals surface area (Å²) in [6.45, 7) is 2.49. The van der Waals surface area contributed by atoms with E-state index in [1.165, 1.54) is 30.5 Å². The molecule has 4 rings (SSSR count). The van der Waals surface area contributed by atoms with Crippen molar-refractivity contribution in [3.05, 3.63) is 100 Å². The third kappa shape index (κ3) is 12.2. The second-order valence-corrected chi connectivity index (χ2v) is 12.4. The minimum absolute atomic E-state index is 0.0330. The van der Waals surface area contributed by atoms with E-state index in [0.717, 1.165) is 29.2 Å². The first-order valence-electron chi connectivity index (χ1n) is 16.6. The largest absolute Gasteiger partial charge is 0.481 e. The van der Waals surface area contributed by atoms with E-state index in [1.54, 1.807) is 7.05 Å². The number of aromatic carboxylic acids is 1. The lowest BCUT2D eigenvalue weighted by atomic mass is 10.0. The minimum atomic E-state index is -1.55. The van der Waals surface area contributed by atoms with Gasteiger partial charge in [-0.15, -0.1) is 0 Å². The van der Waals surface area contributed by atoms with Crippen LogP contribution in [0.2, 0.25) is 0 Å². The number of carboxylic acid groups (broad SMARTS) is 2. The fourth-order valence-corrected chi connectivity index (χ4v) is 5.26. The lowest BCUT2D eigenvalue weighted by Gasteiger charge is -2.26. The van der Waals surface area contributed by atoms with E-state index in [9.17, 15) is 29.3 Å². The average Bonchev–Trinajstić information content (AvgIpc) is 3.89. The number of aliphatic carboxylic acids is 1. The Morgan fingerprint density at radius 1 is 0.900 bits per heavy atom. The third-order valence-corrected chi connectivity index (χ3v) is 8.43. The number of rotatable bonds is 16. The number of benzene rings is 3. The first-order valence-corrected chi connectivity index (χ1v) is 16.6. The molecule has 0 bridgehead atoms. The molecule has 1 fully saturated rings. The number of unbranched alkanes of at least 4 members (excludes halogenated alkanes) is 1. The number of carboxylic acids is 2. The molecule has 12 heteroatoms. The average molecular weight is 695 g/mol. The normalized spacial score (nSPS) is 17.2. The van der Waals surface area contributed by atoms with E-state index >= 15 is 0 Å². The Bertz CT molecular complexity index is 1590. The van der Waals surface area contributed by atoms with Gasteiger partial charge >= 0.3 is 11.9 Å². The van der Waals surface area contributed by atoms with Gasteiger partial charge in [0.15, 0.2) is 0 Å². The van der Waals surface area contributed by atoms with Crippen molar-refractivity contribution in [2.75, 3.05) is 31.6 Å². The number of hydrogen-bond donors (Lipinski definition) is 8. The molecular weight excluding hydrogens is 647 g/mol. The van der Waals surface area contributed by atoms with Crippen LogP contribution < -0.4 is 10.2 Å². The molecule has 1 aliphatic rings. The van der Waals surface area contributed by atoms with E-state index in [4.69, 9.17) is 20.4 Å². The molecule has 0 spiro atoms. The van der Waals surface area contributed by atoms with Crippen LogP contribution >= 0.6 is 0 Å². The smallest absolute Gasteiger partial charge is 0.338 e. The Labute approximate surface area is 291 Å². The molecule has 6 atom stereocenters. The molecule has 1 saturated carbocycles. The molecule has 1 aliphatic carbocycles. The molecule has 0 heterocycles. The molecule has 3 aromatic carbocycles. The van der Waals surface area contributed by atoms with Crippen molar-refractivity contribution in [3.63, 3.8) is 0 Å². The second-order valence-electron chi connectivity index (χ2n) is 12.4. The highest BCUT2D eigenvalue weighted by Crippen LogP contribution is 2.40. The number of aryl methyl sites for hydroxylation is 1. The van der Waals surface area contributed by atoms with E-state index < -0.39 is 60.3 Å². The molecule has 3 aromatic rings. The van der Waals surface area contributed by atoms with Crippen LogP contribution in [0, 0.1) is 29.5 Å². The van der Waals surface area contributed by atoms with Crippen molar-refractivity contribution in [1.82, 2.24) is 5.32 Å². The zero-order valence-corrected chi connectivity index (χ0v) is 28.2. The van der Waals surface area contributed by atoms with Gasteiger partial charge in [-0.25, -0.2) is 9.18 Å². The van der Waals surface area contributed by atoms with Gasteiger partial charge in [-0.05, 0) is 85.8 Å². The summed E-state index contributed by atoms with van der Waals surface area (Å²) in [6, 6.07) is 20.1. The SMILES string of the molecule is CCCCc1ccc(C#Cc2ccc(CN(CC3CC3C(=O)O)c3ccc(F)c(C(=O)O)c3)cc2)cc1.CNC[C@H](O)[C@@H](O)[C@H](O)[C@H](O)CO. The summed E-state index contributed by atoms with van der Waals surface area (Å²) < 4.78 is 14.0. The summed E-state index contributed by atoms with van der Waals surface area (Å²) in [4.78, 5) is 24.7. The summed E-state index contributed by atoms with van der Waals surface area (Å²) in [5.74, 6) is 2.98. The molecular formula is C38H47FN2O9. The van der Waals surface area contributed by atoms with Gasteiger partial charge in [0.25, 0.3) is 0 Å². The van der Waals surface area contributed by atoms with Gasteiger partial charge in [0, 0.05) is 36.4 Å². The molecule has 0 aromatic heterocycles. The Morgan fingerprint density at radius 3 is 1.98 bits per heavy atom. The van der Waals surface area contributed by atoms with Crippen LogP contribution in [0.5, 0.6) is 0 Å². The summed E-state index contributed by atoms with van der Waals surface area (Å²) in [5, 5.41) is 66.1. The topological polar surface area (TPSA) is 191 Å². The summed E-state index contributed by atoms with van der Waals surface area (Å²) in [5.41, 5.74) is 4.24. The highest BCUT2D eigenvalue weighted by molar-refractivity contribution is 5.89. The zero-order valence-electron chi connectivity index (χ0n) is 28.2. The van der Waals surface area contributed by atoms with E-state index in [-0.39, 0.29) is 12.5 Å². The second kappa shape index (κ2) is 19.7. The first kappa shape index (κ1) is 40.1. The Morgan fingerprint density at radius 2 is 1.48 bits per heavy atom. The Kier molecular flexibility index (Phi) is 15.8. The van der Waals surface area contributed by atoms with Crippen LogP contribution in [-0.4, -0.2) is 98.8 Å². The predicted octanol–water partition coefficient (Wildman–Crippen LogP) is 2.64. The van der Waals surface area contributed by atoms with Crippen molar-refractivity contribution in [3.8, 4) is 11.8 Å². The van der Waals surface area contributed by atoms with Gasteiger partial charge in [0.05, 0.1) is 24.2 Å². The highest BCUT2D eigenvalue weighted by atomic mass is 19.1. The lowest BCUT2D eigenvalue weighted by molar-refractivity contribution is -0.138. The number of likely N-dealkylation sites (N-methyl/N-ethyl adjacent to an activating group) is 1. The van der Waals surface area contributed by atoms with Crippen molar-refractivity contribution in [2.45, 2.75) is 63.6 Å². The Balaban J connectivity index is 0.000000442. The molecule has 2 unspecified atom stereocenters. The molecule has 11 nitrogen and oxygen atoms in total. The predicted molar refractivity (Wildman–Crippen MR) is 186 cm³/mol. The van der Waals surface area contributed by atoms with Crippen LogP contribution in [0.1, 0.15) is 58.8 Å². The molecule has 0 radical (unpaired) electrons. The number of hydrogen-bond acceptors (Lipinski definition) is 9. The Hall–Kier alpha value is -4.35. The highest BCUT2D eigenvalue weighted by Gasteiger charge is 2.44. The maximum absolute atomic E-state index is 14.0. The molecule has 8 N–H and O–H groups in total. The van der Waals surface area contributed by atoms with Crippen molar-refractivity contribution in [1.29, 1.82) is 0 Å².